The molecule has 0 aromatic heterocycles. The fourth-order valence-corrected chi connectivity index (χ4v) is 9.31. The van der Waals surface area contributed by atoms with E-state index in [-0.39, 0.29) is 11.9 Å². The third kappa shape index (κ3) is 35.3. The summed E-state index contributed by atoms with van der Waals surface area (Å²) in [4.78, 5) is 49.0. The number of rotatable bonds is 51. The van der Waals surface area contributed by atoms with Gasteiger partial charge in [0.15, 0.2) is 0 Å². The first-order valence-electron chi connectivity index (χ1n) is 30.5. The molecule has 0 heterocycles. The van der Waals surface area contributed by atoms with Gasteiger partial charge in [-0.1, -0.05) is 184 Å². The van der Waals surface area contributed by atoms with Gasteiger partial charge in [-0.3, -0.25) is 9.59 Å². The average molecular weight is 1090 g/mol. The predicted molar refractivity (Wildman–Crippen MR) is 313 cm³/mol. The third-order valence-corrected chi connectivity index (χ3v) is 14.0. The lowest BCUT2D eigenvalue weighted by molar-refractivity contribution is -0.145. The lowest BCUT2D eigenvalue weighted by Crippen LogP contribution is -2.23. The van der Waals surface area contributed by atoms with E-state index < -0.39 is 11.9 Å². The molecule has 0 spiro atoms. The smallest absolute Gasteiger partial charge is 0.338 e. The summed E-state index contributed by atoms with van der Waals surface area (Å²) in [5, 5.41) is 3.11. The van der Waals surface area contributed by atoms with Gasteiger partial charge >= 0.3 is 17.9 Å². The van der Waals surface area contributed by atoms with E-state index >= 15 is 0 Å². The molecule has 3 aromatic carbocycles. The normalized spacial score (nSPS) is 11.0. The molecule has 438 valence electrons. The van der Waals surface area contributed by atoms with Gasteiger partial charge in [0, 0.05) is 31.5 Å². The van der Waals surface area contributed by atoms with Gasteiger partial charge in [0.1, 0.15) is 29.6 Å². The van der Waals surface area contributed by atoms with Crippen LogP contribution in [-0.4, -0.2) is 77.6 Å². The number of ether oxygens (including phenoxy) is 7. The fourth-order valence-electron chi connectivity index (χ4n) is 9.31. The number of benzene rings is 3. The Morgan fingerprint density at radius 2 is 0.731 bits per heavy atom. The van der Waals surface area contributed by atoms with Crippen molar-refractivity contribution in [2.24, 2.45) is 5.73 Å². The quantitative estimate of drug-likeness (QED) is 0.0312. The van der Waals surface area contributed by atoms with Crippen LogP contribution in [0, 0.1) is 0 Å². The minimum absolute atomic E-state index is 0.125. The molecule has 3 N–H and O–H groups in total. The van der Waals surface area contributed by atoms with E-state index in [0.29, 0.717) is 80.0 Å². The minimum Gasteiger partial charge on any atom is -0.493 e. The number of esters is 3. The number of nitrogens with one attached hydrogen (secondary N) is 1. The maximum atomic E-state index is 12.4. The topological polar surface area (TPSA) is 171 Å². The SMILES string of the molecule is COC(=O)c1cc(OCCCCCCCCCCN)cc(OCCCCCCCCCCC(=O)NCCCCCCCCCCOc2cc(OCCCCCCCCCCC(=O)OCc3ccccc3)cc(C(=O)OC)c2)c1. The number of carbonyl (C=O) groups excluding carboxylic acids is 4. The van der Waals surface area contributed by atoms with E-state index in [1.807, 2.05) is 42.5 Å². The molecule has 13 heteroatoms. The fraction of sp³-hybridized carbons (Fsp3) is 0.662. The molecule has 1 amide bonds. The summed E-state index contributed by atoms with van der Waals surface area (Å²) in [6.45, 7) is 4.23. The number of hydrogen-bond donors (Lipinski definition) is 2. The van der Waals surface area contributed by atoms with Crippen LogP contribution in [0.25, 0.3) is 0 Å². The molecular formula is C65H102N2O11. The molecule has 3 rings (SSSR count). The predicted octanol–water partition coefficient (Wildman–Crippen LogP) is 15.6. The largest absolute Gasteiger partial charge is 0.493 e. The Hall–Kier alpha value is -5.30. The van der Waals surface area contributed by atoms with Crippen LogP contribution in [0.4, 0.5) is 0 Å². The number of methoxy groups -OCH3 is 2. The molecule has 0 saturated carbocycles. The lowest BCUT2D eigenvalue weighted by atomic mass is 10.1. The molecule has 0 fully saturated rings. The van der Waals surface area contributed by atoms with Crippen molar-refractivity contribution in [3.63, 3.8) is 0 Å². The number of carbonyl (C=O) groups is 4. The van der Waals surface area contributed by atoms with Gasteiger partial charge in [0.25, 0.3) is 0 Å². The molecule has 13 nitrogen and oxygen atoms in total. The Kier molecular flexibility index (Phi) is 40.0. The van der Waals surface area contributed by atoms with Crippen LogP contribution in [0.2, 0.25) is 0 Å². The molecule has 0 bridgehead atoms. The monoisotopic (exact) mass is 1090 g/mol. The standard InChI is InChI=1S/C65H102N2O11/c1-72-64(70)56-48-58(52-60(50-56)76-46-36-25-17-9-5-13-21-32-42-66)74-44-34-23-15-7-3-11-19-30-40-62(68)67-43-33-22-14-6-10-18-26-37-47-77-61-51-57(65(71)73-2)49-59(53-61)75-45-35-24-16-8-4-12-20-31-41-63(69)78-54-55-38-28-27-29-39-55/h27-29,38-39,48-53H,3-26,30-37,40-47,54,66H2,1-2H3,(H,67,68). The zero-order chi connectivity index (χ0) is 55.8. The first-order chi connectivity index (χ1) is 38.3. The van der Waals surface area contributed by atoms with Gasteiger partial charge in [0.2, 0.25) is 5.91 Å². The molecule has 0 atom stereocenters. The summed E-state index contributed by atoms with van der Waals surface area (Å²) in [7, 11) is 2.77. The number of nitrogens with two attached hydrogens (primary N) is 1. The van der Waals surface area contributed by atoms with Crippen molar-refractivity contribution in [2.45, 2.75) is 225 Å². The number of amides is 1. The van der Waals surface area contributed by atoms with Crippen LogP contribution in [0.15, 0.2) is 66.7 Å². The summed E-state index contributed by atoms with van der Waals surface area (Å²) in [6, 6.07) is 20.4. The zero-order valence-corrected chi connectivity index (χ0v) is 48.4. The Balaban J connectivity index is 1.09. The molecule has 0 aliphatic heterocycles. The van der Waals surface area contributed by atoms with Crippen molar-refractivity contribution in [2.75, 3.05) is 53.7 Å². The maximum Gasteiger partial charge on any atom is 0.338 e. The van der Waals surface area contributed by atoms with Crippen LogP contribution in [-0.2, 0) is 30.4 Å². The molecule has 0 aliphatic carbocycles. The molecule has 3 aromatic rings. The highest BCUT2D eigenvalue weighted by Crippen LogP contribution is 2.27. The van der Waals surface area contributed by atoms with Gasteiger partial charge in [-0.15, -0.1) is 0 Å². The van der Waals surface area contributed by atoms with Gasteiger partial charge in [-0.25, -0.2) is 9.59 Å². The Morgan fingerprint density at radius 3 is 1.10 bits per heavy atom. The highest BCUT2D eigenvalue weighted by Gasteiger charge is 2.13. The lowest BCUT2D eigenvalue weighted by Gasteiger charge is -2.12. The van der Waals surface area contributed by atoms with Crippen LogP contribution >= 0.6 is 0 Å². The number of hydrogen-bond acceptors (Lipinski definition) is 12. The summed E-state index contributed by atoms with van der Waals surface area (Å²) in [5.74, 6) is 1.74. The van der Waals surface area contributed by atoms with Crippen molar-refractivity contribution in [1.82, 2.24) is 5.32 Å². The minimum atomic E-state index is -0.414. The van der Waals surface area contributed by atoms with Crippen LogP contribution in [0.5, 0.6) is 23.0 Å². The van der Waals surface area contributed by atoms with Crippen molar-refractivity contribution in [3.05, 3.63) is 83.4 Å². The zero-order valence-electron chi connectivity index (χ0n) is 48.4. The summed E-state index contributed by atoms with van der Waals surface area (Å²) in [5.41, 5.74) is 7.45. The Labute approximate surface area is 470 Å². The summed E-state index contributed by atoms with van der Waals surface area (Å²) in [6.07, 6.45) is 36.7. The van der Waals surface area contributed by atoms with E-state index in [1.165, 1.54) is 78.4 Å². The molecule has 0 aliphatic rings. The Morgan fingerprint density at radius 1 is 0.397 bits per heavy atom. The summed E-state index contributed by atoms with van der Waals surface area (Å²) < 4.78 is 39.4. The second-order valence-corrected chi connectivity index (χ2v) is 20.9. The molecule has 0 radical (unpaired) electrons. The van der Waals surface area contributed by atoms with Crippen LogP contribution in [0.3, 0.4) is 0 Å². The first kappa shape index (κ1) is 67.0. The van der Waals surface area contributed by atoms with E-state index in [2.05, 4.69) is 5.32 Å². The molecule has 0 unspecified atom stereocenters. The van der Waals surface area contributed by atoms with Crippen molar-refractivity contribution >= 4 is 23.8 Å². The highest BCUT2D eigenvalue weighted by atomic mass is 16.5. The van der Waals surface area contributed by atoms with Crippen molar-refractivity contribution in [1.29, 1.82) is 0 Å². The van der Waals surface area contributed by atoms with Gasteiger partial charge in [-0.2, -0.15) is 0 Å². The third-order valence-electron chi connectivity index (χ3n) is 14.0. The highest BCUT2D eigenvalue weighted by molar-refractivity contribution is 5.91. The van der Waals surface area contributed by atoms with Crippen LogP contribution in [0.1, 0.15) is 245 Å². The van der Waals surface area contributed by atoms with Gasteiger partial charge < -0.3 is 44.2 Å². The van der Waals surface area contributed by atoms with E-state index in [1.54, 1.807) is 24.3 Å². The van der Waals surface area contributed by atoms with E-state index in [9.17, 15) is 19.2 Å². The van der Waals surface area contributed by atoms with E-state index in [0.717, 1.165) is 160 Å². The molecule has 0 saturated heterocycles. The first-order valence-corrected chi connectivity index (χ1v) is 30.5. The van der Waals surface area contributed by atoms with E-state index in [4.69, 9.17) is 38.9 Å². The van der Waals surface area contributed by atoms with Gasteiger partial charge in [-0.05, 0) is 87.7 Å². The van der Waals surface area contributed by atoms with Crippen LogP contribution < -0.4 is 30.0 Å². The second kappa shape index (κ2) is 46.6. The number of unbranched alkanes of at least 4 members (excludes halogenated alkanes) is 28. The Bertz CT molecular complexity index is 2000. The molecular weight excluding hydrogens is 985 g/mol. The maximum absolute atomic E-state index is 12.4. The average Bonchev–Trinajstić information content (AvgIpc) is 3.47. The van der Waals surface area contributed by atoms with Crippen molar-refractivity contribution < 1.29 is 52.3 Å². The van der Waals surface area contributed by atoms with Crippen molar-refractivity contribution in [3.8, 4) is 23.0 Å². The second-order valence-electron chi connectivity index (χ2n) is 20.9. The van der Waals surface area contributed by atoms with Gasteiger partial charge in [0.05, 0.1) is 51.8 Å². The summed E-state index contributed by atoms with van der Waals surface area (Å²) >= 11 is 0. The molecule has 78 heavy (non-hydrogen) atoms.